The Kier molecular flexibility index (Phi) is 9.38. The lowest BCUT2D eigenvalue weighted by Crippen LogP contribution is -2.14. The minimum atomic E-state index is 0.365. The van der Waals surface area contributed by atoms with E-state index in [2.05, 4.69) is 144 Å². The van der Waals surface area contributed by atoms with Crippen LogP contribution in [0.5, 0.6) is 11.5 Å². The van der Waals surface area contributed by atoms with Crippen molar-refractivity contribution >= 4 is 64.6 Å². The molecule has 2 N–H and O–H groups in total. The topological polar surface area (TPSA) is 55.4 Å². The fourth-order valence-electron chi connectivity index (χ4n) is 9.14. The van der Waals surface area contributed by atoms with Crippen LogP contribution in [0.25, 0.3) is 64.6 Å². The fraction of sp³-hybridized carbons (Fsp3) is 0.109. The predicted molar refractivity (Wildman–Crippen MR) is 247 cm³/mol. The molecule has 11 aromatic rings. The van der Waals surface area contributed by atoms with E-state index in [0.29, 0.717) is 26.3 Å². The number of para-hydroxylation sites is 2. The maximum Gasteiger partial charge on any atom is 0.130 e. The lowest BCUT2D eigenvalue weighted by atomic mass is 9.92. The number of rotatable bonds is 14. The van der Waals surface area contributed by atoms with Crippen molar-refractivity contribution in [2.45, 2.75) is 39.4 Å². The molecule has 290 valence electrons. The summed E-state index contributed by atoms with van der Waals surface area (Å²) in [6.07, 6.45) is 0. The Labute approximate surface area is 348 Å². The zero-order valence-corrected chi connectivity index (χ0v) is 33.2. The zero-order valence-electron chi connectivity index (χ0n) is 33.2. The van der Waals surface area contributed by atoms with Gasteiger partial charge in [0.25, 0.3) is 0 Å². The van der Waals surface area contributed by atoms with E-state index in [1.807, 2.05) is 42.5 Å². The second-order valence-corrected chi connectivity index (χ2v) is 15.8. The zero-order chi connectivity index (χ0) is 39.8. The highest BCUT2D eigenvalue weighted by molar-refractivity contribution is 6.24. The van der Waals surface area contributed by atoms with Crippen molar-refractivity contribution < 1.29 is 9.47 Å². The van der Waals surface area contributed by atoms with Gasteiger partial charge in [-0.15, -0.1) is 0 Å². The van der Waals surface area contributed by atoms with Crippen molar-refractivity contribution in [1.29, 1.82) is 0 Å². The second-order valence-electron chi connectivity index (χ2n) is 15.8. The minimum Gasteiger partial charge on any atom is -0.487 e. The molecule has 0 spiro atoms. The molecule has 11 rings (SSSR count). The average Bonchev–Trinajstić information content (AvgIpc) is 3.30. The Morgan fingerprint density at radius 2 is 0.683 bits per heavy atom. The summed E-state index contributed by atoms with van der Waals surface area (Å²) < 4.78 is 12.8. The summed E-state index contributed by atoms with van der Waals surface area (Å²) in [4.78, 5) is 4.91. The van der Waals surface area contributed by atoms with Crippen LogP contribution in [0.4, 0.5) is 0 Å². The van der Waals surface area contributed by atoms with Crippen LogP contribution in [0.3, 0.4) is 0 Å². The van der Waals surface area contributed by atoms with Crippen molar-refractivity contribution in [3.05, 3.63) is 210 Å². The van der Waals surface area contributed by atoms with E-state index in [0.717, 1.165) is 47.1 Å². The molecular formula is C55H43N3O2. The molecule has 1 heterocycles. The first kappa shape index (κ1) is 36.1. The Bertz CT molecular complexity index is 3050. The van der Waals surface area contributed by atoms with Gasteiger partial charge in [-0.2, -0.15) is 0 Å². The SMILES string of the molecule is c1cc(COc2ccccc2CNCc2ccc3ccc4cccc5ccc2c3c45)nc(COc2ccccc2CNCc2ccc3ccc4cccc5ccc2c3c45)c1. The molecule has 0 aliphatic carbocycles. The number of hydrogen-bond donors (Lipinski definition) is 2. The molecule has 10 aromatic carbocycles. The van der Waals surface area contributed by atoms with Crippen LogP contribution in [-0.4, -0.2) is 4.98 Å². The van der Waals surface area contributed by atoms with Crippen LogP contribution in [0, 0.1) is 0 Å². The largest absolute Gasteiger partial charge is 0.487 e. The van der Waals surface area contributed by atoms with Crippen LogP contribution < -0.4 is 20.1 Å². The first-order valence-electron chi connectivity index (χ1n) is 20.8. The van der Waals surface area contributed by atoms with E-state index in [4.69, 9.17) is 14.5 Å². The summed E-state index contributed by atoms with van der Waals surface area (Å²) in [5, 5.41) is 23.1. The summed E-state index contributed by atoms with van der Waals surface area (Å²) in [7, 11) is 0. The highest BCUT2D eigenvalue weighted by Gasteiger charge is 2.14. The summed E-state index contributed by atoms with van der Waals surface area (Å²) in [5.41, 5.74) is 6.52. The van der Waals surface area contributed by atoms with Crippen LogP contribution in [0.2, 0.25) is 0 Å². The first-order chi connectivity index (χ1) is 29.7. The molecule has 0 unspecified atom stereocenters. The maximum absolute atomic E-state index is 6.40. The van der Waals surface area contributed by atoms with Crippen LogP contribution in [0.1, 0.15) is 33.6 Å². The van der Waals surface area contributed by atoms with Gasteiger partial charge in [-0.25, -0.2) is 0 Å². The molecule has 0 amide bonds. The molecular weight excluding hydrogens is 735 g/mol. The molecule has 60 heavy (non-hydrogen) atoms. The normalized spacial score (nSPS) is 11.9. The Morgan fingerprint density at radius 3 is 1.15 bits per heavy atom. The Hall–Kier alpha value is -7.05. The summed E-state index contributed by atoms with van der Waals surface area (Å²) in [6.45, 7) is 3.62. The lowest BCUT2D eigenvalue weighted by molar-refractivity contribution is 0.286. The van der Waals surface area contributed by atoms with Gasteiger partial charge in [0.1, 0.15) is 24.7 Å². The van der Waals surface area contributed by atoms with E-state index >= 15 is 0 Å². The molecule has 0 aliphatic rings. The third-order valence-electron chi connectivity index (χ3n) is 12.1. The molecule has 0 aliphatic heterocycles. The van der Waals surface area contributed by atoms with Gasteiger partial charge in [0.2, 0.25) is 0 Å². The van der Waals surface area contributed by atoms with Crippen molar-refractivity contribution in [1.82, 2.24) is 15.6 Å². The molecule has 0 saturated carbocycles. The van der Waals surface area contributed by atoms with Crippen molar-refractivity contribution in [2.75, 3.05) is 0 Å². The first-order valence-corrected chi connectivity index (χ1v) is 20.8. The summed E-state index contributed by atoms with van der Waals surface area (Å²) in [5.74, 6) is 1.71. The standard InChI is InChI=1S/C55H43N3O2/c1-3-16-50(44(8-1)32-56-30-42-24-22-40-20-18-36-10-5-12-38-26-28-48(42)54(40)52(36)38)59-34-46-14-7-15-47(58-46)35-60-51-17-4-2-9-45(51)33-57-31-43-25-23-41-21-19-37-11-6-13-39-27-29-49(43)55(41)53(37)39/h1-29,56-57H,30-35H2. The Balaban J connectivity index is 0.717. The minimum absolute atomic E-state index is 0.365. The van der Waals surface area contributed by atoms with Crippen LogP contribution in [-0.2, 0) is 39.4 Å². The van der Waals surface area contributed by atoms with Crippen molar-refractivity contribution in [3.63, 3.8) is 0 Å². The number of hydrogen-bond acceptors (Lipinski definition) is 5. The van der Waals surface area contributed by atoms with Crippen LogP contribution >= 0.6 is 0 Å². The maximum atomic E-state index is 6.40. The number of nitrogens with one attached hydrogen (secondary N) is 2. The van der Waals surface area contributed by atoms with E-state index in [1.165, 1.54) is 75.8 Å². The smallest absolute Gasteiger partial charge is 0.130 e. The quantitative estimate of drug-likeness (QED) is 0.108. The van der Waals surface area contributed by atoms with Gasteiger partial charge in [-0.05, 0) is 100 Å². The van der Waals surface area contributed by atoms with Gasteiger partial charge >= 0.3 is 0 Å². The molecule has 1 aromatic heterocycles. The van der Waals surface area contributed by atoms with Gasteiger partial charge in [0.05, 0.1) is 11.4 Å². The third kappa shape index (κ3) is 6.78. The monoisotopic (exact) mass is 777 g/mol. The van der Waals surface area contributed by atoms with Gasteiger partial charge in [0, 0.05) is 37.3 Å². The van der Waals surface area contributed by atoms with Crippen molar-refractivity contribution in [2.24, 2.45) is 0 Å². The Morgan fingerprint density at radius 1 is 0.317 bits per heavy atom. The number of nitrogens with zero attached hydrogens (tertiary/aromatic N) is 1. The summed E-state index contributed by atoms with van der Waals surface area (Å²) in [6, 6.07) is 62.7. The number of benzene rings is 10. The van der Waals surface area contributed by atoms with Crippen molar-refractivity contribution in [3.8, 4) is 11.5 Å². The number of aromatic nitrogens is 1. The fourth-order valence-corrected chi connectivity index (χ4v) is 9.14. The van der Waals surface area contributed by atoms with Crippen LogP contribution in [0.15, 0.2) is 176 Å². The highest BCUT2D eigenvalue weighted by Crippen LogP contribution is 2.37. The highest BCUT2D eigenvalue weighted by atomic mass is 16.5. The second kappa shape index (κ2) is 15.6. The molecule has 0 radical (unpaired) electrons. The molecule has 5 nitrogen and oxygen atoms in total. The molecule has 0 fully saturated rings. The lowest BCUT2D eigenvalue weighted by Gasteiger charge is -2.16. The van der Waals surface area contributed by atoms with E-state index in [-0.39, 0.29) is 0 Å². The van der Waals surface area contributed by atoms with Gasteiger partial charge < -0.3 is 20.1 Å². The van der Waals surface area contributed by atoms with Gasteiger partial charge in [-0.1, -0.05) is 152 Å². The van der Waals surface area contributed by atoms with E-state index in [9.17, 15) is 0 Å². The molecule has 0 atom stereocenters. The number of pyridine rings is 1. The van der Waals surface area contributed by atoms with Gasteiger partial charge in [-0.3, -0.25) is 4.98 Å². The third-order valence-corrected chi connectivity index (χ3v) is 12.1. The molecule has 0 saturated heterocycles. The van der Waals surface area contributed by atoms with Gasteiger partial charge in [0.15, 0.2) is 0 Å². The number of ether oxygens (including phenoxy) is 2. The average molecular weight is 778 g/mol. The van der Waals surface area contributed by atoms with E-state index in [1.54, 1.807) is 0 Å². The summed E-state index contributed by atoms with van der Waals surface area (Å²) >= 11 is 0. The predicted octanol–water partition coefficient (Wildman–Crippen LogP) is 12.6. The van der Waals surface area contributed by atoms with E-state index < -0.39 is 0 Å². The molecule has 5 heteroatoms. The molecule has 0 bridgehead atoms.